The molecular weight excluding hydrogens is 392 g/mol. The van der Waals surface area contributed by atoms with Crippen molar-refractivity contribution in [3.05, 3.63) is 40.7 Å². The summed E-state index contributed by atoms with van der Waals surface area (Å²) in [4.78, 5) is 32.5. The van der Waals surface area contributed by atoms with E-state index in [1.807, 2.05) is 13.8 Å². The van der Waals surface area contributed by atoms with Crippen molar-refractivity contribution in [3.8, 4) is 11.5 Å². The van der Waals surface area contributed by atoms with Gasteiger partial charge in [0.25, 0.3) is 11.8 Å². The van der Waals surface area contributed by atoms with E-state index in [-0.39, 0.29) is 22.4 Å². The van der Waals surface area contributed by atoms with Crippen molar-refractivity contribution in [3.63, 3.8) is 0 Å². The standard InChI is InChI=1S/C17H19ClN4O4S/c1-9(2)26-12-6-5-10(7-13(12)25-3)15(23)21-22-16(24)14-11(18)8-19-17(20-14)27-4/h5-9H,1-4H3,(H,21,23)(H,22,24). The van der Waals surface area contributed by atoms with Crippen LogP contribution >= 0.6 is 23.4 Å². The van der Waals surface area contributed by atoms with E-state index in [1.165, 1.54) is 31.1 Å². The van der Waals surface area contributed by atoms with Crippen LogP contribution in [0.2, 0.25) is 5.02 Å². The van der Waals surface area contributed by atoms with Gasteiger partial charge in [0, 0.05) is 5.56 Å². The number of thioether (sulfide) groups is 1. The Kier molecular flexibility index (Phi) is 7.26. The number of ether oxygens (including phenoxy) is 2. The van der Waals surface area contributed by atoms with E-state index in [4.69, 9.17) is 21.1 Å². The molecule has 0 saturated carbocycles. The number of benzene rings is 1. The van der Waals surface area contributed by atoms with Crippen molar-refractivity contribution >= 4 is 35.2 Å². The van der Waals surface area contributed by atoms with Gasteiger partial charge in [-0.25, -0.2) is 9.97 Å². The number of carbonyl (C=O) groups is 2. The zero-order valence-electron chi connectivity index (χ0n) is 15.2. The molecule has 0 fully saturated rings. The molecule has 10 heteroatoms. The number of hydrogen-bond acceptors (Lipinski definition) is 7. The molecule has 2 aromatic rings. The second-order valence-corrected chi connectivity index (χ2v) is 6.67. The quantitative estimate of drug-likeness (QED) is 0.428. The summed E-state index contributed by atoms with van der Waals surface area (Å²) in [6.07, 6.45) is 3.06. The number of hydrogen-bond donors (Lipinski definition) is 2. The second-order valence-electron chi connectivity index (χ2n) is 5.49. The number of methoxy groups -OCH3 is 1. The van der Waals surface area contributed by atoms with Gasteiger partial charge in [0.2, 0.25) is 0 Å². The SMILES string of the molecule is COc1cc(C(=O)NNC(=O)c2nc(SC)ncc2Cl)ccc1OC(C)C. The van der Waals surface area contributed by atoms with Gasteiger partial charge in [0.05, 0.1) is 24.4 Å². The summed E-state index contributed by atoms with van der Waals surface area (Å²) < 4.78 is 10.8. The summed E-state index contributed by atoms with van der Waals surface area (Å²) in [6, 6.07) is 4.70. The van der Waals surface area contributed by atoms with Crippen LogP contribution in [0.15, 0.2) is 29.6 Å². The molecule has 1 aromatic heterocycles. The van der Waals surface area contributed by atoms with Crippen LogP contribution in [0.1, 0.15) is 34.7 Å². The first-order chi connectivity index (χ1) is 12.8. The summed E-state index contributed by atoms with van der Waals surface area (Å²) >= 11 is 7.21. The topological polar surface area (TPSA) is 102 Å². The summed E-state index contributed by atoms with van der Waals surface area (Å²) in [6.45, 7) is 3.77. The smallest absolute Gasteiger partial charge is 0.289 e. The third-order valence-electron chi connectivity index (χ3n) is 3.20. The fourth-order valence-corrected chi connectivity index (χ4v) is 2.53. The van der Waals surface area contributed by atoms with Crippen LogP contribution in [0.25, 0.3) is 0 Å². The molecule has 2 N–H and O–H groups in total. The molecule has 0 saturated heterocycles. The van der Waals surface area contributed by atoms with Crippen molar-refractivity contribution in [2.45, 2.75) is 25.1 Å². The predicted molar refractivity (Wildman–Crippen MR) is 103 cm³/mol. The zero-order chi connectivity index (χ0) is 20.0. The van der Waals surface area contributed by atoms with E-state index in [1.54, 1.807) is 18.4 Å². The van der Waals surface area contributed by atoms with Crippen LogP contribution in [0, 0.1) is 0 Å². The van der Waals surface area contributed by atoms with Crippen molar-refractivity contribution in [2.24, 2.45) is 0 Å². The summed E-state index contributed by atoms with van der Waals surface area (Å²) in [5, 5.41) is 0.470. The Morgan fingerprint density at radius 2 is 1.89 bits per heavy atom. The Balaban J connectivity index is 2.08. The fraction of sp³-hybridized carbons (Fsp3) is 0.294. The van der Waals surface area contributed by atoms with Crippen LogP contribution in [-0.4, -0.2) is 41.3 Å². The molecule has 0 unspecified atom stereocenters. The maximum Gasteiger partial charge on any atom is 0.289 e. The first-order valence-electron chi connectivity index (χ1n) is 7.87. The van der Waals surface area contributed by atoms with Crippen molar-refractivity contribution in [1.82, 2.24) is 20.8 Å². The lowest BCUT2D eigenvalue weighted by Crippen LogP contribution is -2.42. The molecule has 0 radical (unpaired) electrons. The molecule has 0 spiro atoms. The van der Waals surface area contributed by atoms with Crippen LogP contribution in [-0.2, 0) is 0 Å². The third kappa shape index (κ3) is 5.48. The highest BCUT2D eigenvalue weighted by Crippen LogP contribution is 2.28. The van der Waals surface area contributed by atoms with Crippen molar-refractivity contribution in [2.75, 3.05) is 13.4 Å². The van der Waals surface area contributed by atoms with Gasteiger partial charge in [0.15, 0.2) is 22.3 Å². The predicted octanol–water partition coefficient (Wildman–Crippen LogP) is 2.72. The number of aromatic nitrogens is 2. The number of carbonyl (C=O) groups excluding carboxylic acids is 2. The maximum absolute atomic E-state index is 12.3. The maximum atomic E-state index is 12.3. The minimum Gasteiger partial charge on any atom is -0.493 e. The Labute approximate surface area is 166 Å². The highest BCUT2D eigenvalue weighted by atomic mass is 35.5. The average molecular weight is 411 g/mol. The first kappa shape index (κ1) is 20.8. The van der Waals surface area contributed by atoms with Gasteiger partial charge in [-0.3, -0.25) is 20.4 Å². The highest BCUT2D eigenvalue weighted by Gasteiger charge is 2.16. The lowest BCUT2D eigenvalue weighted by atomic mass is 10.2. The molecule has 2 rings (SSSR count). The zero-order valence-corrected chi connectivity index (χ0v) is 16.8. The summed E-state index contributed by atoms with van der Waals surface area (Å²) in [5.41, 5.74) is 4.84. The Bertz CT molecular complexity index is 848. The number of nitrogens with one attached hydrogen (secondary N) is 2. The number of halogens is 1. The van der Waals surface area contributed by atoms with Gasteiger partial charge >= 0.3 is 0 Å². The largest absolute Gasteiger partial charge is 0.493 e. The monoisotopic (exact) mass is 410 g/mol. The number of hydrazine groups is 1. The van der Waals surface area contributed by atoms with E-state index in [9.17, 15) is 9.59 Å². The Morgan fingerprint density at radius 1 is 1.19 bits per heavy atom. The Morgan fingerprint density at radius 3 is 2.52 bits per heavy atom. The normalized spacial score (nSPS) is 10.4. The molecule has 144 valence electrons. The van der Waals surface area contributed by atoms with Gasteiger partial charge in [-0.05, 0) is 38.3 Å². The molecule has 0 aliphatic heterocycles. The van der Waals surface area contributed by atoms with Gasteiger partial charge in [0.1, 0.15) is 0 Å². The number of nitrogens with zero attached hydrogens (tertiary/aromatic N) is 2. The molecule has 27 heavy (non-hydrogen) atoms. The molecule has 2 amide bonds. The van der Waals surface area contributed by atoms with Crippen LogP contribution in [0.3, 0.4) is 0 Å². The van der Waals surface area contributed by atoms with Crippen LogP contribution in [0.4, 0.5) is 0 Å². The molecule has 8 nitrogen and oxygen atoms in total. The molecule has 0 aliphatic carbocycles. The fourth-order valence-electron chi connectivity index (χ4n) is 2.01. The molecule has 0 bridgehead atoms. The minimum absolute atomic E-state index is 0.0328. The number of amides is 2. The van der Waals surface area contributed by atoms with Crippen LogP contribution in [0.5, 0.6) is 11.5 Å². The van der Waals surface area contributed by atoms with Gasteiger partial charge in [-0.1, -0.05) is 23.4 Å². The Hall–Kier alpha value is -2.52. The second kappa shape index (κ2) is 9.43. The van der Waals surface area contributed by atoms with Gasteiger partial charge in [-0.2, -0.15) is 0 Å². The van der Waals surface area contributed by atoms with E-state index < -0.39 is 11.8 Å². The summed E-state index contributed by atoms with van der Waals surface area (Å²) in [5.74, 6) is -0.262. The molecule has 0 aliphatic rings. The molecular formula is C17H19ClN4O4S. The minimum atomic E-state index is -0.655. The highest BCUT2D eigenvalue weighted by molar-refractivity contribution is 7.98. The van der Waals surface area contributed by atoms with Gasteiger partial charge in [-0.15, -0.1) is 0 Å². The van der Waals surface area contributed by atoms with Crippen molar-refractivity contribution < 1.29 is 19.1 Å². The number of rotatable bonds is 6. The van der Waals surface area contributed by atoms with E-state index in [2.05, 4.69) is 20.8 Å². The van der Waals surface area contributed by atoms with Crippen molar-refractivity contribution in [1.29, 1.82) is 0 Å². The van der Waals surface area contributed by atoms with E-state index in [0.29, 0.717) is 16.7 Å². The lowest BCUT2D eigenvalue weighted by molar-refractivity contribution is 0.0843. The third-order valence-corrected chi connectivity index (χ3v) is 4.04. The van der Waals surface area contributed by atoms with E-state index >= 15 is 0 Å². The average Bonchev–Trinajstić information content (AvgIpc) is 2.66. The van der Waals surface area contributed by atoms with Crippen LogP contribution < -0.4 is 20.3 Å². The first-order valence-corrected chi connectivity index (χ1v) is 9.47. The lowest BCUT2D eigenvalue weighted by Gasteiger charge is -2.14. The molecule has 1 aromatic carbocycles. The van der Waals surface area contributed by atoms with E-state index in [0.717, 1.165) is 0 Å². The molecule has 0 atom stereocenters. The van der Waals surface area contributed by atoms with Gasteiger partial charge < -0.3 is 9.47 Å². The molecule has 1 heterocycles. The summed E-state index contributed by atoms with van der Waals surface area (Å²) in [7, 11) is 1.48.